The number of amides is 1. The number of halogens is 1. The average molecular weight is 555 g/mol. The molecular formula is C25H19BrN2O4S2. The van der Waals surface area contributed by atoms with Gasteiger partial charge >= 0.3 is 0 Å². The number of thioether (sulfide) groups is 1. The number of aryl methyl sites for hydroxylation is 2. The molecule has 6 nitrogen and oxygen atoms in total. The number of thiocarbonyl (C=S) groups is 1. The summed E-state index contributed by atoms with van der Waals surface area (Å²) in [5.74, 6) is 0.401. The van der Waals surface area contributed by atoms with Crippen LogP contribution in [0.25, 0.3) is 6.08 Å². The summed E-state index contributed by atoms with van der Waals surface area (Å²) < 4.78 is 7.30. The zero-order valence-corrected chi connectivity index (χ0v) is 21.5. The van der Waals surface area contributed by atoms with Crippen LogP contribution in [-0.4, -0.2) is 15.2 Å². The summed E-state index contributed by atoms with van der Waals surface area (Å²) in [7, 11) is 0. The first kappa shape index (κ1) is 24.1. The summed E-state index contributed by atoms with van der Waals surface area (Å²) in [6, 6.07) is 17.6. The number of anilines is 1. The van der Waals surface area contributed by atoms with E-state index < -0.39 is 4.92 Å². The summed E-state index contributed by atoms with van der Waals surface area (Å²) in [6.07, 6.45) is 1.77. The quantitative estimate of drug-likeness (QED) is 0.142. The van der Waals surface area contributed by atoms with Crippen molar-refractivity contribution in [2.24, 2.45) is 0 Å². The summed E-state index contributed by atoms with van der Waals surface area (Å²) in [5, 5.41) is 10.8. The molecule has 0 aromatic heterocycles. The lowest BCUT2D eigenvalue weighted by Crippen LogP contribution is -2.27. The molecule has 3 aromatic rings. The Morgan fingerprint density at radius 1 is 1.09 bits per heavy atom. The predicted octanol–water partition coefficient (Wildman–Crippen LogP) is 6.96. The molecule has 3 aromatic carbocycles. The number of ether oxygens (including phenoxy) is 1. The number of hydrogen-bond donors (Lipinski definition) is 0. The molecule has 0 saturated carbocycles. The number of nitrogens with zero attached hydrogens (tertiary/aromatic N) is 2. The third-order valence-corrected chi connectivity index (χ3v) is 7.14. The van der Waals surface area contributed by atoms with Crippen molar-refractivity contribution in [3.05, 3.63) is 102 Å². The van der Waals surface area contributed by atoms with Gasteiger partial charge in [0.2, 0.25) is 0 Å². The lowest BCUT2D eigenvalue weighted by Gasteiger charge is -2.16. The fraction of sp³-hybridized carbons (Fsp3) is 0.120. The Morgan fingerprint density at radius 2 is 1.82 bits per heavy atom. The molecule has 172 valence electrons. The summed E-state index contributed by atoms with van der Waals surface area (Å²) >= 11 is 10.2. The molecule has 4 rings (SSSR count). The van der Waals surface area contributed by atoms with E-state index in [1.54, 1.807) is 23.1 Å². The molecule has 0 aliphatic carbocycles. The van der Waals surface area contributed by atoms with Crippen LogP contribution in [0.1, 0.15) is 22.3 Å². The largest absolute Gasteiger partial charge is 0.488 e. The van der Waals surface area contributed by atoms with Crippen LogP contribution in [-0.2, 0) is 11.4 Å². The Labute approximate surface area is 214 Å². The highest BCUT2D eigenvalue weighted by Gasteiger charge is 2.33. The van der Waals surface area contributed by atoms with Gasteiger partial charge < -0.3 is 4.74 Å². The van der Waals surface area contributed by atoms with Gasteiger partial charge in [0.1, 0.15) is 12.4 Å². The van der Waals surface area contributed by atoms with E-state index in [1.807, 2.05) is 50.2 Å². The molecule has 0 radical (unpaired) electrons. The van der Waals surface area contributed by atoms with E-state index in [0.717, 1.165) is 32.4 Å². The van der Waals surface area contributed by atoms with Crippen LogP contribution < -0.4 is 9.64 Å². The molecule has 0 unspecified atom stereocenters. The van der Waals surface area contributed by atoms with E-state index >= 15 is 0 Å². The van der Waals surface area contributed by atoms with Crippen LogP contribution >= 0.6 is 39.9 Å². The van der Waals surface area contributed by atoms with Gasteiger partial charge in [-0.1, -0.05) is 46.0 Å². The van der Waals surface area contributed by atoms with Gasteiger partial charge in [0.05, 0.1) is 15.5 Å². The van der Waals surface area contributed by atoms with Crippen LogP contribution in [0.3, 0.4) is 0 Å². The molecule has 1 aliphatic heterocycles. The summed E-state index contributed by atoms with van der Waals surface area (Å²) in [5.41, 5.74) is 4.52. The molecule has 0 spiro atoms. The first-order valence-electron chi connectivity index (χ1n) is 10.2. The Balaban J connectivity index is 1.58. The molecule has 0 N–H and O–H groups in total. The van der Waals surface area contributed by atoms with E-state index in [9.17, 15) is 14.9 Å². The number of nitro benzene ring substituents is 1. The number of hydrogen-bond acceptors (Lipinski definition) is 6. The molecule has 1 heterocycles. The monoisotopic (exact) mass is 554 g/mol. The van der Waals surface area contributed by atoms with Crippen molar-refractivity contribution < 1.29 is 14.5 Å². The van der Waals surface area contributed by atoms with Crippen molar-refractivity contribution in [2.75, 3.05) is 4.90 Å². The zero-order chi connectivity index (χ0) is 24.4. The molecule has 1 amide bonds. The number of rotatable bonds is 6. The highest BCUT2D eigenvalue weighted by molar-refractivity contribution is 9.10. The minimum Gasteiger partial charge on any atom is -0.488 e. The minimum atomic E-state index is -0.439. The fourth-order valence-corrected chi connectivity index (χ4v) is 5.00. The molecule has 34 heavy (non-hydrogen) atoms. The van der Waals surface area contributed by atoms with Crippen LogP contribution in [0.15, 0.2) is 70.0 Å². The highest BCUT2D eigenvalue weighted by Crippen LogP contribution is 2.38. The average Bonchev–Trinajstić information content (AvgIpc) is 3.08. The molecule has 0 bridgehead atoms. The van der Waals surface area contributed by atoms with Crippen molar-refractivity contribution in [3.63, 3.8) is 0 Å². The molecule has 1 saturated heterocycles. The third-order valence-electron chi connectivity index (χ3n) is 5.34. The maximum absolute atomic E-state index is 13.2. The number of nitro groups is 1. The smallest absolute Gasteiger partial charge is 0.270 e. The Kier molecular flexibility index (Phi) is 7.16. The molecule has 1 aliphatic rings. The number of carbonyl (C=O) groups excluding carboxylic acids is 1. The van der Waals surface area contributed by atoms with Crippen molar-refractivity contribution >= 4 is 67.6 Å². The van der Waals surface area contributed by atoms with Gasteiger partial charge in [0, 0.05) is 22.2 Å². The molecule has 1 fully saturated rings. The maximum Gasteiger partial charge on any atom is 0.270 e. The van der Waals surface area contributed by atoms with Crippen LogP contribution in [0.2, 0.25) is 0 Å². The fourth-order valence-electron chi connectivity index (χ4n) is 3.33. The highest BCUT2D eigenvalue weighted by atomic mass is 79.9. The van der Waals surface area contributed by atoms with Gasteiger partial charge in [-0.2, -0.15) is 0 Å². The standard InChI is InChI=1S/C25H19BrN2O4S2/c1-15-3-7-21(11-16(15)2)27-24(29)23(34-25(27)33)13-18-12-19(26)6-10-22(18)32-14-17-4-8-20(9-5-17)28(30)31/h3-13H,14H2,1-2H3. The summed E-state index contributed by atoms with van der Waals surface area (Å²) in [6.45, 7) is 4.25. The SMILES string of the molecule is Cc1ccc(N2C(=O)C(=Cc3cc(Br)ccc3OCc3ccc([N+](=O)[O-])cc3)SC2=S)cc1C. The number of carbonyl (C=O) groups is 1. The van der Waals surface area contributed by atoms with Crippen LogP contribution in [0, 0.1) is 24.0 Å². The lowest BCUT2D eigenvalue weighted by atomic mass is 10.1. The Morgan fingerprint density at radius 3 is 2.50 bits per heavy atom. The second kappa shape index (κ2) is 10.1. The number of non-ortho nitro benzene ring substituents is 1. The van der Waals surface area contributed by atoms with Gasteiger partial charge in [-0.3, -0.25) is 19.8 Å². The lowest BCUT2D eigenvalue weighted by molar-refractivity contribution is -0.384. The minimum absolute atomic E-state index is 0.0267. The first-order valence-corrected chi connectivity index (χ1v) is 12.3. The van der Waals surface area contributed by atoms with E-state index in [0.29, 0.717) is 15.0 Å². The number of benzene rings is 3. The van der Waals surface area contributed by atoms with Crippen molar-refractivity contribution in [1.29, 1.82) is 0 Å². The van der Waals surface area contributed by atoms with Crippen LogP contribution in [0.4, 0.5) is 11.4 Å². The Bertz CT molecular complexity index is 1340. The van der Waals surface area contributed by atoms with E-state index in [4.69, 9.17) is 17.0 Å². The van der Waals surface area contributed by atoms with Gasteiger partial charge in [-0.05, 0) is 79.1 Å². The summed E-state index contributed by atoms with van der Waals surface area (Å²) in [4.78, 5) is 25.7. The topological polar surface area (TPSA) is 72.7 Å². The Hall–Kier alpha value is -3.01. The second-order valence-corrected chi connectivity index (χ2v) is 10.3. The van der Waals surface area contributed by atoms with E-state index in [2.05, 4.69) is 15.9 Å². The van der Waals surface area contributed by atoms with Crippen molar-refractivity contribution in [1.82, 2.24) is 0 Å². The predicted molar refractivity (Wildman–Crippen MR) is 143 cm³/mol. The van der Waals surface area contributed by atoms with Gasteiger partial charge in [0.25, 0.3) is 11.6 Å². The second-order valence-electron chi connectivity index (χ2n) is 7.68. The van der Waals surface area contributed by atoms with E-state index in [1.165, 1.54) is 23.9 Å². The normalized spacial score (nSPS) is 14.7. The van der Waals surface area contributed by atoms with E-state index in [-0.39, 0.29) is 18.2 Å². The van der Waals surface area contributed by atoms with Crippen LogP contribution in [0.5, 0.6) is 5.75 Å². The zero-order valence-electron chi connectivity index (χ0n) is 18.3. The first-order chi connectivity index (χ1) is 16.2. The molecular weight excluding hydrogens is 536 g/mol. The van der Waals surface area contributed by atoms with Crippen molar-refractivity contribution in [3.8, 4) is 5.75 Å². The third kappa shape index (κ3) is 5.22. The van der Waals surface area contributed by atoms with Gasteiger partial charge in [-0.25, -0.2) is 0 Å². The molecule has 9 heteroatoms. The maximum atomic E-state index is 13.2. The van der Waals surface area contributed by atoms with Crippen molar-refractivity contribution in [2.45, 2.75) is 20.5 Å². The molecule has 0 atom stereocenters. The van der Waals surface area contributed by atoms with Gasteiger partial charge in [0.15, 0.2) is 4.32 Å². The van der Waals surface area contributed by atoms with Gasteiger partial charge in [-0.15, -0.1) is 0 Å².